The third-order valence-electron chi connectivity index (χ3n) is 5.56. The summed E-state index contributed by atoms with van der Waals surface area (Å²) in [5.74, 6) is -0.108. The molecule has 1 amide bonds. The molecule has 1 aliphatic heterocycles. The Kier molecular flexibility index (Phi) is 4.93. The zero-order valence-corrected chi connectivity index (χ0v) is 17.8. The van der Waals surface area contributed by atoms with Crippen LogP contribution in [-0.4, -0.2) is 5.91 Å². The van der Waals surface area contributed by atoms with Crippen LogP contribution in [0.4, 0.5) is 5.69 Å². The molecule has 3 heteroatoms. The number of anilines is 1. The summed E-state index contributed by atoms with van der Waals surface area (Å²) in [7, 11) is 0. The highest BCUT2D eigenvalue weighted by Crippen LogP contribution is 2.45. The van der Waals surface area contributed by atoms with Gasteiger partial charge < -0.3 is 0 Å². The number of hydrogen-bond donors (Lipinski definition) is 0. The molecular weight excluding hydrogens is 402 g/mol. The quantitative estimate of drug-likeness (QED) is 0.341. The number of rotatable bonds is 3. The van der Waals surface area contributed by atoms with Crippen LogP contribution in [-0.2, 0) is 0 Å². The number of carbonyl (C=O) groups excluding carboxylic acids is 1. The monoisotopic (exact) mass is 421 g/mol. The molecule has 1 heterocycles. The van der Waals surface area contributed by atoms with Crippen LogP contribution in [0.3, 0.4) is 0 Å². The van der Waals surface area contributed by atoms with Crippen molar-refractivity contribution >= 4 is 34.5 Å². The van der Waals surface area contributed by atoms with E-state index in [1.165, 1.54) is 0 Å². The van der Waals surface area contributed by atoms with Crippen molar-refractivity contribution in [3.8, 4) is 0 Å². The van der Waals surface area contributed by atoms with Crippen molar-refractivity contribution in [3.63, 3.8) is 0 Å². The lowest BCUT2D eigenvalue weighted by molar-refractivity contribution is 0.101. The molecule has 0 radical (unpaired) electrons. The average molecular weight is 422 g/mol. The Morgan fingerprint density at radius 2 is 1.29 bits per heavy atom. The lowest BCUT2D eigenvalue weighted by Crippen LogP contribution is -2.23. The Morgan fingerprint density at radius 3 is 1.87 bits per heavy atom. The summed E-state index contributed by atoms with van der Waals surface area (Å²) in [6, 6.07) is 34.1. The Morgan fingerprint density at radius 1 is 0.710 bits per heavy atom. The summed E-state index contributed by atoms with van der Waals surface area (Å²) in [5, 5.41) is 0.468. The highest BCUT2D eigenvalue weighted by atomic mass is 35.5. The standard InChI is InChI=1S/C28H20ClNO/c1-19-15-17-22(18-16-19)30-27(23-13-8-14-24(29)26(23)28(30)31)25(20-9-4-2-5-10-20)21-11-6-3-7-12-21/h2-18H,1H3. The van der Waals surface area contributed by atoms with E-state index in [2.05, 4.69) is 24.3 Å². The number of carbonyl (C=O) groups is 1. The fourth-order valence-corrected chi connectivity index (χ4v) is 4.36. The molecule has 2 nitrogen and oxygen atoms in total. The van der Waals surface area contributed by atoms with Gasteiger partial charge in [0.15, 0.2) is 0 Å². The van der Waals surface area contributed by atoms with Gasteiger partial charge in [-0.15, -0.1) is 0 Å². The van der Waals surface area contributed by atoms with E-state index in [1.807, 2.05) is 79.7 Å². The molecule has 0 fully saturated rings. The highest BCUT2D eigenvalue weighted by Gasteiger charge is 2.37. The minimum atomic E-state index is -0.108. The molecule has 150 valence electrons. The van der Waals surface area contributed by atoms with E-state index in [9.17, 15) is 4.79 Å². The number of benzene rings is 4. The van der Waals surface area contributed by atoms with Crippen LogP contribution in [0, 0.1) is 6.92 Å². The van der Waals surface area contributed by atoms with Gasteiger partial charge in [-0.2, -0.15) is 0 Å². The number of hydrogen-bond acceptors (Lipinski definition) is 1. The molecule has 0 bridgehead atoms. The topological polar surface area (TPSA) is 20.3 Å². The fraction of sp³-hybridized carbons (Fsp3) is 0.0357. The molecule has 0 atom stereocenters. The smallest absolute Gasteiger partial charge is 0.265 e. The van der Waals surface area contributed by atoms with Crippen LogP contribution in [0.15, 0.2) is 103 Å². The molecule has 4 aromatic rings. The average Bonchev–Trinajstić information content (AvgIpc) is 3.09. The summed E-state index contributed by atoms with van der Waals surface area (Å²) >= 11 is 6.53. The largest absolute Gasteiger partial charge is 0.276 e. The fourth-order valence-electron chi connectivity index (χ4n) is 4.11. The zero-order valence-electron chi connectivity index (χ0n) is 17.0. The number of fused-ring (bicyclic) bond motifs is 1. The van der Waals surface area contributed by atoms with E-state index in [-0.39, 0.29) is 5.91 Å². The zero-order chi connectivity index (χ0) is 21.4. The van der Waals surface area contributed by atoms with Gasteiger partial charge in [0, 0.05) is 16.8 Å². The Hall–Kier alpha value is -3.62. The van der Waals surface area contributed by atoms with E-state index in [1.54, 1.807) is 11.0 Å². The lowest BCUT2D eigenvalue weighted by Gasteiger charge is -2.23. The van der Waals surface area contributed by atoms with E-state index in [0.29, 0.717) is 10.6 Å². The van der Waals surface area contributed by atoms with Crippen LogP contribution in [0.1, 0.15) is 32.6 Å². The van der Waals surface area contributed by atoms with Crippen molar-refractivity contribution in [3.05, 3.63) is 136 Å². The van der Waals surface area contributed by atoms with Crippen molar-refractivity contribution in [1.82, 2.24) is 0 Å². The second kappa shape index (κ2) is 7.90. The predicted molar refractivity (Wildman–Crippen MR) is 128 cm³/mol. The maximum Gasteiger partial charge on any atom is 0.265 e. The van der Waals surface area contributed by atoms with Gasteiger partial charge in [-0.05, 0) is 36.2 Å². The maximum absolute atomic E-state index is 13.7. The van der Waals surface area contributed by atoms with Crippen molar-refractivity contribution in [2.75, 3.05) is 4.90 Å². The highest BCUT2D eigenvalue weighted by molar-refractivity contribution is 6.38. The first-order chi connectivity index (χ1) is 15.1. The molecule has 0 N–H and O–H groups in total. The van der Waals surface area contributed by atoms with Gasteiger partial charge in [-0.25, -0.2) is 0 Å². The van der Waals surface area contributed by atoms with Crippen LogP contribution >= 0.6 is 11.6 Å². The Labute approximate surface area is 187 Å². The third kappa shape index (κ3) is 3.35. The SMILES string of the molecule is Cc1ccc(N2C(=O)c3c(Cl)cccc3C2=C(c2ccccc2)c2ccccc2)cc1. The van der Waals surface area contributed by atoms with Gasteiger partial charge in [-0.3, -0.25) is 9.69 Å². The van der Waals surface area contributed by atoms with Crippen molar-refractivity contribution in [1.29, 1.82) is 0 Å². The summed E-state index contributed by atoms with van der Waals surface area (Å²) in [6.07, 6.45) is 0. The van der Waals surface area contributed by atoms with Crippen molar-refractivity contribution in [2.24, 2.45) is 0 Å². The molecule has 0 spiro atoms. The van der Waals surface area contributed by atoms with Gasteiger partial charge in [-0.1, -0.05) is 102 Å². The van der Waals surface area contributed by atoms with Crippen LogP contribution in [0.25, 0.3) is 11.3 Å². The number of aryl methyl sites for hydroxylation is 1. The molecule has 31 heavy (non-hydrogen) atoms. The van der Waals surface area contributed by atoms with Gasteiger partial charge in [0.25, 0.3) is 5.91 Å². The van der Waals surface area contributed by atoms with Gasteiger partial charge in [0.2, 0.25) is 0 Å². The number of halogens is 1. The summed E-state index contributed by atoms with van der Waals surface area (Å²) in [4.78, 5) is 15.5. The van der Waals surface area contributed by atoms with Crippen LogP contribution in [0.2, 0.25) is 5.02 Å². The van der Waals surface area contributed by atoms with Crippen LogP contribution < -0.4 is 4.90 Å². The Balaban J connectivity index is 1.89. The predicted octanol–water partition coefficient (Wildman–Crippen LogP) is 7.23. The molecule has 4 aromatic carbocycles. The summed E-state index contributed by atoms with van der Waals surface area (Å²) in [5.41, 5.74) is 7.29. The summed E-state index contributed by atoms with van der Waals surface area (Å²) < 4.78 is 0. The second-order valence-electron chi connectivity index (χ2n) is 7.59. The molecule has 0 aromatic heterocycles. The van der Waals surface area contributed by atoms with Gasteiger partial charge >= 0.3 is 0 Å². The van der Waals surface area contributed by atoms with Gasteiger partial charge in [0.05, 0.1) is 16.3 Å². The number of nitrogens with zero attached hydrogens (tertiary/aromatic N) is 1. The van der Waals surface area contributed by atoms with E-state index < -0.39 is 0 Å². The van der Waals surface area contributed by atoms with E-state index >= 15 is 0 Å². The van der Waals surface area contributed by atoms with Crippen LogP contribution in [0.5, 0.6) is 0 Å². The molecular formula is C28H20ClNO. The minimum Gasteiger partial charge on any atom is -0.276 e. The molecule has 5 rings (SSSR count). The second-order valence-corrected chi connectivity index (χ2v) is 8.00. The van der Waals surface area contributed by atoms with E-state index in [4.69, 9.17) is 11.6 Å². The Bertz CT molecular complexity index is 1250. The molecule has 0 aliphatic carbocycles. The van der Waals surface area contributed by atoms with Crippen molar-refractivity contribution in [2.45, 2.75) is 6.92 Å². The van der Waals surface area contributed by atoms with E-state index in [0.717, 1.165) is 39.2 Å². The number of amides is 1. The normalized spacial score (nSPS) is 12.8. The first-order valence-electron chi connectivity index (χ1n) is 10.2. The minimum absolute atomic E-state index is 0.108. The third-order valence-corrected chi connectivity index (χ3v) is 5.88. The first-order valence-corrected chi connectivity index (χ1v) is 10.6. The molecule has 0 unspecified atom stereocenters. The van der Waals surface area contributed by atoms with Gasteiger partial charge in [0.1, 0.15) is 0 Å². The summed E-state index contributed by atoms with van der Waals surface area (Å²) in [6.45, 7) is 2.04. The lowest BCUT2D eigenvalue weighted by atomic mass is 9.93. The maximum atomic E-state index is 13.7. The molecule has 0 saturated heterocycles. The molecule has 1 aliphatic rings. The van der Waals surface area contributed by atoms with Crippen molar-refractivity contribution < 1.29 is 4.79 Å². The first kappa shape index (κ1) is 19.3. The molecule has 0 saturated carbocycles.